The van der Waals surface area contributed by atoms with E-state index in [1.807, 2.05) is 0 Å². The molecule has 0 radical (unpaired) electrons. The van der Waals surface area contributed by atoms with Crippen LogP contribution in [0, 0.1) is 0 Å². The summed E-state index contributed by atoms with van der Waals surface area (Å²) in [5.41, 5.74) is 0. The van der Waals surface area contributed by atoms with Gasteiger partial charge in [-0.3, -0.25) is 0 Å². The van der Waals surface area contributed by atoms with Gasteiger partial charge in [0.05, 0.1) is 18.6 Å². The lowest BCUT2D eigenvalue weighted by atomic mass is 10.3. The van der Waals surface area contributed by atoms with Crippen LogP contribution in [0.2, 0.25) is 0 Å². The Labute approximate surface area is 126 Å². The van der Waals surface area contributed by atoms with Gasteiger partial charge in [0.25, 0.3) is 0 Å². The lowest BCUT2D eigenvalue weighted by Crippen LogP contribution is -2.35. The average molecular weight is 384 g/mol. The van der Waals surface area contributed by atoms with Gasteiger partial charge >= 0.3 is 0 Å². The molecule has 6 nitrogen and oxygen atoms in total. The van der Waals surface area contributed by atoms with Gasteiger partial charge in [-0.25, -0.2) is 21.6 Å². The highest BCUT2D eigenvalue weighted by molar-refractivity contribution is 9.10. The molecule has 1 aliphatic heterocycles. The molecule has 1 N–H and O–H groups in total. The molecule has 0 spiro atoms. The molecule has 0 amide bonds. The standard InChI is InChI=1S/C11H14BrNO5S2/c1-18-10-3-2-8(12)6-11(10)20(16,17)13-9-4-5-19(14,15)7-9/h2-3,6,9,13H,4-5,7H2,1H3/t9-/m1/s1. The van der Waals surface area contributed by atoms with E-state index < -0.39 is 25.9 Å². The van der Waals surface area contributed by atoms with Crippen LogP contribution in [0.4, 0.5) is 0 Å². The summed E-state index contributed by atoms with van der Waals surface area (Å²) in [6.45, 7) is 0. The lowest BCUT2D eigenvalue weighted by molar-refractivity contribution is 0.402. The Balaban J connectivity index is 2.29. The highest BCUT2D eigenvalue weighted by atomic mass is 79.9. The van der Waals surface area contributed by atoms with Gasteiger partial charge in [-0.2, -0.15) is 0 Å². The Morgan fingerprint density at radius 3 is 2.65 bits per heavy atom. The summed E-state index contributed by atoms with van der Waals surface area (Å²) >= 11 is 3.21. The summed E-state index contributed by atoms with van der Waals surface area (Å²) in [6, 6.07) is 4.03. The van der Waals surface area contributed by atoms with Crippen LogP contribution in [0.15, 0.2) is 27.6 Å². The first kappa shape index (κ1) is 15.7. The first-order valence-electron chi connectivity index (χ1n) is 5.80. The molecular formula is C11H14BrNO5S2. The van der Waals surface area contributed by atoms with Crippen molar-refractivity contribution in [3.05, 3.63) is 22.7 Å². The fourth-order valence-corrected chi connectivity index (χ4v) is 5.79. The fraction of sp³-hybridized carbons (Fsp3) is 0.455. The molecule has 0 unspecified atom stereocenters. The molecule has 20 heavy (non-hydrogen) atoms. The molecule has 0 aromatic heterocycles. The maximum absolute atomic E-state index is 12.3. The zero-order chi connectivity index (χ0) is 15.0. The summed E-state index contributed by atoms with van der Waals surface area (Å²) in [5.74, 6) is 0.0554. The van der Waals surface area contributed by atoms with E-state index in [1.54, 1.807) is 6.07 Å². The molecule has 9 heteroatoms. The summed E-state index contributed by atoms with van der Waals surface area (Å²) in [6.07, 6.45) is 0.290. The van der Waals surface area contributed by atoms with E-state index in [0.717, 1.165) is 0 Å². The Morgan fingerprint density at radius 2 is 2.10 bits per heavy atom. The first-order valence-corrected chi connectivity index (χ1v) is 9.89. The molecule has 1 aliphatic rings. The van der Waals surface area contributed by atoms with Crippen molar-refractivity contribution in [3.8, 4) is 5.75 Å². The minimum absolute atomic E-state index is 0.00973. The Kier molecular flexibility index (Phi) is 4.43. The van der Waals surface area contributed by atoms with Gasteiger partial charge in [-0.1, -0.05) is 15.9 Å². The summed E-state index contributed by atoms with van der Waals surface area (Å²) in [7, 11) is -5.59. The van der Waals surface area contributed by atoms with E-state index in [9.17, 15) is 16.8 Å². The maximum Gasteiger partial charge on any atom is 0.244 e. The second-order valence-corrected chi connectivity index (χ2v) is 9.34. The molecule has 1 saturated heterocycles. The number of nitrogens with one attached hydrogen (secondary N) is 1. The van der Waals surface area contributed by atoms with E-state index in [-0.39, 0.29) is 28.6 Å². The van der Waals surface area contributed by atoms with Gasteiger partial charge < -0.3 is 4.74 Å². The van der Waals surface area contributed by atoms with E-state index in [0.29, 0.717) is 4.47 Å². The zero-order valence-corrected chi connectivity index (χ0v) is 13.9. The van der Waals surface area contributed by atoms with Gasteiger partial charge in [0.2, 0.25) is 10.0 Å². The van der Waals surface area contributed by atoms with Crippen LogP contribution in [-0.4, -0.2) is 41.5 Å². The topological polar surface area (TPSA) is 89.5 Å². The fourth-order valence-electron chi connectivity index (χ4n) is 2.03. The van der Waals surface area contributed by atoms with Gasteiger partial charge in [0.1, 0.15) is 10.6 Å². The highest BCUT2D eigenvalue weighted by Crippen LogP contribution is 2.28. The minimum atomic E-state index is -3.83. The van der Waals surface area contributed by atoms with Crippen LogP contribution in [-0.2, 0) is 19.9 Å². The van der Waals surface area contributed by atoms with Crippen molar-refractivity contribution < 1.29 is 21.6 Å². The van der Waals surface area contributed by atoms with Crippen LogP contribution in [0.25, 0.3) is 0 Å². The molecule has 1 aromatic rings. The third-order valence-electron chi connectivity index (χ3n) is 2.97. The average Bonchev–Trinajstić information content (AvgIpc) is 2.68. The monoisotopic (exact) mass is 383 g/mol. The number of benzene rings is 1. The van der Waals surface area contributed by atoms with Crippen molar-refractivity contribution in [2.24, 2.45) is 0 Å². The van der Waals surface area contributed by atoms with Crippen molar-refractivity contribution >= 4 is 35.8 Å². The zero-order valence-electron chi connectivity index (χ0n) is 10.7. The van der Waals surface area contributed by atoms with Crippen LogP contribution in [0.5, 0.6) is 5.75 Å². The van der Waals surface area contributed by atoms with Gasteiger partial charge in [0, 0.05) is 10.5 Å². The van der Waals surface area contributed by atoms with Gasteiger partial charge in [-0.05, 0) is 24.6 Å². The Bertz CT molecular complexity index is 714. The van der Waals surface area contributed by atoms with E-state index in [4.69, 9.17) is 4.74 Å². The lowest BCUT2D eigenvalue weighted by Gasteiger charge is -2.14. The number of methoxy groups -OCH3 is 1. The normalized spacial score (nSPS) is 21.8. The second-order valence-electron chi connectivity index (χ2n) is 4.52. The molecule has 2 rings (SSSR count). The number of sulfonamides is 1. The van der Waals surface area contributed by atoms with Crippen LogP contribution >= 0.6 is 15.9 Å². The van der Waals surface area contributed by atoms with Crippen molar-refractivity contribution in [1.82, 2.24) is 4.72 Å². The first-order chi connectivity index (χ1) is 9.23. The van der Waals surface area contributed by atoms with Crippen molar-refractivity contribution in [2.45, 2.75) is 17.4 Å². The molecule has 1 atom stereocenters. The Hall–Kier alpha value is -0.640. The second kappa shape index (κ2) is 5.63. The summed E-state index contributed by atoms with van der Waals surface area (Å²) in [4.78, 5) is -0.0151. The number of halogens is 1. The SMILES string of the molecule is COc1ccc(Br)cc1S(=O)(=O)N[C@@H]1CCS(=O)(=O)C1. The molecule has 1 fully saturated rings. The molecule has 0 saturated carbocycles. The Morgan fingerprint density at radius 1 is 1.40 bits per heavy atom. The van der Waals surface area contributed by atoms with Crippen molar-refractivity contribution in [2.75, 3.05) is 18.6 Å². The van der Waals surface area contributed by atoms with Crippen LogP contribution < -0.4 is 9.46 Å². The molecule has 0 bridgehead atoms. The van der Waals surface area contributed by atoms with Crippen molar-refractivity contribution in [3.63, 3.8) is 0 Å². The van der Waals surface area contributed by atoms with E-state index in [1.165, 1.54) is 19.2 Å². The third kappa shape index (κ3) is 3.51. The molecule has 112 valence electrons. The van der Waals surface area contributed by atoms with Crippen LogP contribution in [0.1, 0.15) is 6.42 Å². The number of hydrogen-bond acceptors (Lipinski definition) is 5. The van der Waals surface area contributed by atoms with Gasteiger partial charge in [0.15, 0.2) is 9.84 Å². The maximum atomic E-state index is 12.3. The summed E-state index contributed by atoms with van der Waals surface area (Å²) in [5, 5.41) is 0. The molecular weight excluding hydrogens is 370 g/mol. The highest BCUT2D eigenvalue weighted by Gasteiger charge is 2.32. The molecule has 1 heterocycles. The minimum Gasteiger partial charge on any atom is -0.495 e. The molecule has 1 aromatic carbocycles. The number of ether oxygens (including phenoxy) is 1. The largest absolute Gasteiger partial charge is 0.495 e. The predicted molar refractivity (Wildman–Crippen MR) is 78.1 cm³/mol. The summed E-state index contributed by atoms with van der Waals surface area (Å²) < 4.78 is 55.4. The smallest absolute Gasteiger partial charge is 0.244 e. The van der Waals surface area contributed by atoms with Crippen molar-refractivity contribution in [1.29, 1.82) is 0 Å². The number of sulfone groups is 1. The molecule has 0 aliphatic carbocycles. The van der Waals surface area contributed by atoms with E-state index >= 15 is 0 Å². The quantitative estimate of drug-likeness (QED) is 0.834. The van der Waals surface area contributed by atoms with Crippen LogP contribution in [0.3, 0.4) is 0 Å². The van der Waals surface area contributed by atoms with Gasteiger partial charge in [-0.15, -0.1) is 0 Å². The third-order valence-corrected chi connectivity index (χ3v) is 6.77. The number of hydrogen-bond donors (Lipinski definition) is 1. The number of rotatable bonds is 4. The van der Waals surface area contributed by atoms with E-state index in [2.05, 4.69) is 20.7 Å². The predicted octanol–water partition coefficient (Wildman–Crippen LogP) is 0.923.